The summed E-state index contributed by atoms with van der Waals surface area (Å²) in [6, 6.07) is 14.9. The van der Waals surface area contributed by atoms with E-state index < -0.39 is 5.97 Å². The van der Waals surface area contributed by atoms with Crippen molar-refractivity contribution in [2.45, 2.75) is 6.61 Å². The lowest BCUT2D eigenvalue weighted by Crippen LogP contribution is -2.10. The maximum atomic E-state index is 12.3. The third-order valence-corrected chi connectivity index (χ3v) is 4.56. The van der Waals surface area contributed by atoms with Gasteiger partial charge >= 0.3 is 5.97 Å². The summed E-state index contributed by atoms with van der Waals surface area (Å²) in [5.74, 6) is -0.965. The number of pyridine rings is 1. The number of ether oxygens (including phenoxy) is 1. The molecule has 4 aromatic rings. The maximum Gasteiger partial charge on any atom is 0.374 e. The molecule has 134 valence electrons. The lowest BCUT2D eigenvalue weighted by Gasteiger charge is -2.08. The fraction of sp³-hybridized carbons (Fsp3) is 0.0500. The van der Waals surface area contributed by atoms with Crippen molar-refractivity contribution >= 4 is 51.0 Å². The number of hydrogen-bond donors (Lipinski definition) is 0. The molecule has 0 bridgehead atoms. The summed E-state index contributed by atoms with van der Waals surface area (Å²) in [5, 5.41) is 1.82. The summed E-state index contributed by atoms with van der Waals surface area (Å²) < 4.78 is 10.7. The number of carbonyl (C=O) groups is 1. The number of hydrogen-bond acceptors (Lipinski definition) is 5. The molecule has 0 aliphatic rings. The van der Waals surface area contributed by atoms with E-state index in [2.05, 4.69) is 4.98 Å². The van der Waals surface area contributed by atoms with Gasteiger partial charge in [-0.25, -0.2) is 9.78 Å². The van der Waals surface area contributed by atoms with Gasteiger partial charge in [0.2, 0.25) is 5.76 Å². The molecule has 7 heteroatoms. The Morgan fingerprint density at radius 3 is 2.74 bits per heavy atom. The van der Waals surface area contributed by atoms with Crippen LogP contribution in [0.25, 0.3) is 21.9 Å². The highest BCUT2D eigenvalue weighted by Gasteiger charge is 2.15. The first kappa shape index (κ1) is 17.5. The van der Waals surface area contributed by atoms with Gasteiger partial charge in [0.25, 0.3) is 0 Å². The van der Waals surface area contributed by atoms with Crippen LogP contribution in [0.2, 0.25) is 10.2 Å². The molecule has 0 unspecified atom stereocenters. The minimum atomic E-state index is -0.770. The summed E-state index contributed by atoms with van der Waals surface area (Å²) in [4.78, 5) is 28.8. The van der Waals surface area contributed by atoms with Gasteiger partial charge in [0.15, 0.2) is 5.43 Å². The number of aromatic nitrogens is 1. The Balaban J connectivity index is 1.59. The molecule has 0 saturated heterocycles. The molecule has 0 atom stereocenters. The van der Waals surface area contributed by atoms with Crippen LogP contribution in [0.4, 0.5) is 0 Å². The number of benzene rings is 2. The van der Waals surface area contributed by atoms with Gasteiger partial charge in [-0.1, -0.05) is 41.4 Å². The average molecular weight is 400 g/mol. The molecular formula is C20H11Cl2NO4. The lowest BCUT2D eigenvalue weighted by atomic mass is 10.2. The van der Waals surface area contributed by atoms with Gasteiger partial charge in [-0.3, -0.25) is 4.79 Å². The number of fused-ring (bicyclic) bond motifs is 2. The molecule has 0 amide bonds. The van der Waals surface area contributed by atoms with Crippen molar-refractivity contribution in [1.82, 2.24) is 4.98 Å². The van der Waals surface area contributed by atoms with Gasteiger partial charge in [-0.15, -0.1) is 0 Å². The topological polar surface area (TPSA) is 69.4 Å². The van der Waals surface area contributed by atoms with Gasteiger partial charge < -0.3 is 9.15 Å². The highest BCUT2D eigenvalue weighted by atomic mass is 35.5. The zero-order valence-corrected chi connectivity index (χ0v) is 15.3. The van der Waals surface area contributed by atoms with E-state index in [1.54, 1.807) is 12.1 Å². The van der Waals surface area contributed by atoms with Crippen molar-refractivity contribution in [1.29, 1.82) is 0 Å². The second kappa shape index (κ2) is 7.02. The minimum absolute atomic E-state index is 0.0993. The number of para-hydroxylation sites is 1. The van der Waals surface area contributed by atoms with Crippen LogP contribution in [0, 0.1) is 0 Å². The van der Waals surface area contributed by atoms with Gasteiger partial charge in [-0.2, -0.15) is 0 Å². The molecule has 4 rings (SSSR count). The molecule has 2 aromatic carbocycles. The average Bonchev–Trinajstić information content (AvgIpc) is 2.66. The summed E-state index contributed by atoms with van der Waals surface area (Å²) in [5.41, 5.74) is 1.18. The molecule has 0 saturated carbocycles. The number of carbonyl (C=O) groups excluding carboxylic acids is 1. The van der Waals surface area contributed by atoms with Crippen LogP contribution in [-0.2, 0) is 11.3 Å². The largest absolute Gasteiger partial charge is 0.455 e. The van der Waals surface area contributed by atoms with Crippen LogP contribution in [0.5, 0.6) is 0 Å². The van der Waals surface area contributed by atoms with Crippen LogP contribution >= 0.6 is 23.2 Å². The Morgan fingerprint density at radius 1 is 1.07 bits per heavy atom. The second-order valence-electron chi connectivity index (χ2n) is 5.82. The van der Waals surface area contributed by atoms with Crippen LogP contribution in [0.15, 0.2) is 63.8 Å². The Kier molecular flexibility index (Phi) is 4.56. The number of esters is 1. The predicted molar refractivity (Wildman–Crippen MR) is 103 cm³/mol. The van der Waals surface area contributed by atoms with Gasteiger partial charge in [0, 0.05) is 22.0 Å². The zero-order chi connectivity index (χ0) is 19.0. The normalized spacial score (nSPS) is 11.0. The molecule has 0 fully saturated rings. The van der Waals surface area contributed by atoms with Gasteiger partial charge in [0.05, 0.1) is 10.9 Å². The van der Waals surface area contributed by atoms with Crippen LogP contribution < -0.4 is 5.43 Å². The Labute approximate surface area is 163 Å². The summed E-state index contributed by atoms with van der Waals surface area (Å²) in [7, 11) is 0. The first-order valence-corrected chi connectivity index (χ1v) is 8.71. The summed E-state index contributed by atoms with van der Waals surface area (Å²) in [6.45, 7) is -0.0993. The zero-order valence-electron chi connectivity index (χ0n) is 13.7. The standard InChI is InChI=1S/C20H11Cl2NO4/c21-13-5-6-17-14(8-13)16(24)9-18(27-17)20(25)26-10-12-7-11-3-1-2-4-15(11)23-19(12)22/h1-9H,10H2. The lowest BCUT2D eigenvalue weighted by molar-refractivity contribution is 0.0436. The monoisotopic (exact) mass is 399 g/mol. The number of halogens is 2. The third-order valence-electron chi connectivity index (χ3n) is 4.00. The van der Waals surface area contributed by atoms with Crippen molar-refractivity contribution in [3.05, 3.63) is 86.3 Å². The van der Waals surface area contributed by atoms with E-state index in [9.17, 15) is 9.59 Å². The van der Waals surface area contributed by atoms with Crippen molar-refractivity contribution in [3.63, 3.8) is 0 Å². The summed E-state index contributed by atoms with van der Waals surface area (Å²) >= 11 is 12.0. The highest BCUT2D eigenvalue weighted by Crippen LogP contribution is 2.22. The summed E-state index contributed by atoms with van der Waals surface area (Å²) in [6.07, 6.45) is 0. The Hall–Kier alpha value is -2.89. The van der Waals surface area contributed by atoms with E-state index in [1.807, 2.05) is 24.3 Å². The SMILES string of the molecule is O=C(OCc1cc2ccccc2nc1Cl)c1cc(=O)c2cc(Cl)ccc2o1. The van der Waals surface area contributed by atoms with Crippen LogP contribution in [0.3, 0.4) is 0 Å². The quantitative estimate of drug-likeness (QED) is 0.357. The minimum Gasteiger partial charge on any atom is -0.455 e. The van der Waals surface area contributed by atoms with Crippen molar-refractivity contribution in [3.8, 4) is 0 Å². The van der Waals surface area contributed by atoms with E-state index in [0.29, 0.717) is 16.0 Å². The second-order valence-corrected chi connectivity index (χ2v) is 6.62. The number of rotatable bonds is 3. The van der Waals surface area contributed by atoms with E-state index in [0.717, 1.165) is 17.0 Å². The van der Waals surface area contributed by atoms with Crippen molar-refractivity contribution < 1.29 is 13.9 Å². The van der Waals surface area contributed by atoms with E-state index in [4.69, 9.17) is 32.4 Å². The molecule has 0 spiro atoms. The fourth-order valence-electron chi connectivity index (χ4n) is 2.68. The first-order chi connectivity index (χ1) is 13.0. The smallest absolute Gasteiger partial charge is 0.374 e. The fourth-order valence-corrected chi connectivity index (χ4v) is 3.05. The molecule has 0 aliphatic heterocycles. The van der Waals surface area contributed by atoms with Crippen molar-refractivity contribution in [2.75, 3.05) is 0 Å². The molecule has 2 aromatic heterocycles. The molecule has 0 aliphatic carbocycles. The van der Waals surface area contributed by atoms with E-state index in [1.165, 1.54) is 12.1 Å². The molecule has 27 heavy (non-hydrogen) atoms. The van der Waals surface area contributed by atoms with Gasteiger partial charge in [0.1, 0.15) is 17.3 Å². The van der Waals surface area contributed by atoms with Gasteiger partial charge in [-0.05, 0) is 30.3 Å². The Bertz CT molecular complexity index is 1250. The molecule has 2 heterocycles. The van der Waals surface area contributed by atoms with Crippen LogP contribution in [-0.4, -0.2) is 11.0 Å². The maximum absolute atomic E-state index is 12.3. The van der Waals surface area contributed by atoms with E-state index in [-0.39, 0.29) is 28.5 Å². The first-order valence-electron chi connectivity index (χ1n) is 7.96. The molecule has 0 N–H and O–H groups in total. The van der Waals surface area contributed by atoms with E-state index >= 15 is 0 Å². The molecule has 5 nitrogen and oxygen atoms in total. The molecular weight excluding hydrogens is 389 g/mol. The van der Waals surface area contributed by atoms with Crippen LogP contribution in [0.1, 0.15) is 16.1 Å². The number of nitrogens with zero attached hydrogens (tertiary/aromatic N) is 1. The third kappa shape index (κ3) is 3.52. The predicted octanol–water partition coefficient (Wildman–Crippen LogP) is 5.01. The van der Waals surface area contributed by atoms with Crippen molar-refractivity contribution in [2.24, 2.45) is 0 Å². The highest BCUT2D eigenvalue weighted by molar-refractivity contribution is 6.31. The molecule has 0 radical (unpaired) electrons. The Morgan fingerprint density at radius 2 is 1.89 bits per heavy atom.